The predicted molar refractivity (Wildman–Crippen MR) is 115 cm³/mol. The van der Waals surface area contributed by atoms with Crippen LogP contribution in [0.25, 0.3) is 0 Å². The molecule has 0 saturated heterocycles. The van der Waals surface area contributed by atoms with Gasteiger partial charge >= 0.3 is 0 Å². The Morgan fingerprint density at radius 1 is 1.14 bits per heavy atom. The van der Waals surface area contributed by atoms with Crippen molar-refractivity contribution < 1.29 is 19.0 Å². The monoisotopic (exact) mass is 412 g/mol. The number of carbonyl (C=O) groups is 1. The molecule has 28 heavy (non-hydrogen) atoms. The lowest BCUT2D eigenvalue weighted by Crippen LogP contribution is -2.63. The molecule has 0 heterocycles. The highest BCUT2D eigenvalue weighted by atomic mass is 32.2. The van der Waals surface area contributed by atoms with Crippen LogP contribution in [0.1, 0.15) is 66.7 Å². The number of thioether (sulfide) groups is 1. The maximum atomic E-state index is 13.9. The van der Waals surface area contributed by atoms with Crippen molar-refractivity contribution in [2.24, 2.45) is 28.6 Å². The molecule has 2 bridgehead atoms. The lowest BCUT2D eigenvalue weighted by atomic mass is 9.45. The zero-order valence-electron chi connectivity index (χ0n) is 18.9. The highest BCUT2D eigenvalue weighted by molar-refractivity contribution is 8.01. The molecule has 0 aliphatic heterocycles. The van der Waals surface area contributed by atoms with Crippen LogP contribution in [0.2, 0.25) is 0 Å². The van der Waals surface area contributed by atoms with Crippen molar-refractivity contribution in [2.75, 3.05) is 26.8 Å². The van der Waals surface area contributed by atoms with Crippen LogP contribution in [0.4, 0.5) is 0 Å². The third-order valence-corrected chi connectivity index (χ3v) is 10.2. The molecule has 3 saturated carbocycles. The van der Waals surface area contributed by atoms with E-state index in [-0.39, 0.29) is 35.7 Å². The molecular formula is C23H40O4S. The Kier molecular flexibility index (Phi) is 6.62. The van der Waals surface area contributed by atoms with Crippen LogP contribution in [0, 0.1) is 28.6 Å². The maximum absolute atomic E-state index is 13.9. The van der Waals surface area contributed by atoms with Crippen molar-refractivity contribution in [3.63, 3.8) is 0 Å². The summed E-state index contributed by atoms with van der Waals surface area (Å²) in [7, 11) is 3.53. The fourth-order valence-corrected chi connectivity index (χ4v) is 8.44. The van der Waals surface area contributed by atoms with E-state index in [0.717, 1.165) is 37.9 Å². The Bertz CT molecular complexity index is 583. The molecule has 3 rings (SSSR count). The van der Waals surface area contributed by atoms with Crippen LogP contribution in [0.5, 0.6) is 0 Å². The summed E-state index contributed by atoms with van der Waals surface area (Å²) in [6, 6.07) is 0. The minimum atomic E-state index is -0.409. The minimum absolute atomic E-state index is 0.0108. The Balaban J connectivity index is 2.17. The predicted octanol–water partition coefficient (Wildman–Crippen LogP) is 4.94. The van der Waals surface area contributed by atoms with E-state index < -0.39 is 4.75 Å². The summed E-state index contributed by atoms with van der Waals surface area (Å²) in [5.41, 5.74) is 0.00214. The van der Waals surface area contributed by atoms with E-state index in [1.54, 1.807) is 18.9 Å². The van der Waals surface area contributed by atoms with Gasteiger partial charge in [-0.3, -0.25) is 4.79 Å². The number of hydrogen-bond donors (Lipinski definition) is 0. The molecule has 3 aliphatic carbocycles. The highest BCUT2D eigenvalue weighted by Gasteiger charge is 2.68. The van der Waals surface area contributed by atoms with Crippen LogP contribution in [-0.4, -0.2) is 49.5 Å². The summed E-state index contributed by atoms with van der Waals surface area (Å²) < 4.78 is 17.4. The minimum Gasteiger partial charge on any atom is -0.381 e. The van der Waals surface area contributed by atoms with Gasteiger partial charge in [-0.2, -0.15) is 0 Å². The molecule has 0 spiro atoms. The van der Waals surface area contributed by atoms with E-state index in [9.17, 15) is 4.79 Å². The molecule has 0 amide bonds. The Hall–Kier alpha value is -0.100. The van der Waals surface area contributed by atoms with Gasteiger partial charge in [0.05, 0.1) is 17.0 Å². The standard InChI is InChI=1S/C23H40O4S/c1-8-28-21(4)13-18(27-14-25-6)22(5)15(2)9-11-23(16(3)20(21)24)12-10-17(26-7)19(22)23/h15-19H,8-14H2,1-7H3/t15-,16+,17-,18-,19?,21-,22+,23?/m1/s1. The summed E-state index contributed by atoms with van der Waals surface area (Å²) in [5, 5.41) is 0. The van der Waals surface area contributed by atoms with Gasteiger partial charge in [0, 0.05) is 25.6 Å². The fraction of sp³-hybridized carbons (Fsp3) is 0.957. The molecule has 0 aromatic heterocycles. The second-order valence-corrected chi connectivity index (χ2v) is 11.6. The van der Waals surface area contributed by atoms with Crippen LogP contribution in [-0.2, 0) is 19.0 Å². The number of ketones is 1. The second kappa shape index (κ2) is 8.20. The number of hydrogen-bond acceptors (Lipinski definition) is 5. The number of rotatable bonds is 6. The zero-order valence-corrected chi connectivity index (χ0v) is 19.7. The molecule has 3 aliphatic rings. The Morgan fingerprint density at radius 3 is 2.43 bits per heavy atom. The largest absolute Gasteiger partial charge is 0.381 e. The molecule has 0 aromatic rings. The normalized spacial score (nSPS) is 48.8. The van der Waals surface area contributed by atoms with Gasteiger partial charge < -0.3 is 14.2 Å². The average molecular weight is 413 g/mol. The third kappa shape index (κ3) is 3.19. The fourth-order valence-electron chi connectivity index (χ4n) is 7.21. The quantitative estimate of drug-likeness (QED) is 0.578. The first kappa shape index (κ1) is 22.6. The molecule has 0 N–H and O–H groups in total. The van der Waals surface area contributed by atoms with Crippen LogP contribution < -0.4 is 0 Å². The van der Waals surface area contributed by atoms with Gasteiger partial charge in [0.15, 0.2) is 5.78 Å². The van der Waals surface area contributed by atoms with Crippen LogP contribution >= 0.6 is 11.8 Å². The molecule has 0 aromatic carbocycles. The van der Waals surface area contributed by atoms with Crippen molar-refractivity contribution >= 4 is 17.5 Å². The third-order valence-electron chi connectivity index (χ3n) is 8.86. The van der Waals surface area contributed by atoms with E-state index >= 15 is 0 Å². The summed E-state index contributed by atoms with van der Waals surface area (Å²) in [5.74, 6) is 2.31. The number of methoxy groups -OCH3 is 2. The summed E-state index contributed by atoms with van der Waals surface area (Å²) in [4.78, 5) is 13.9. The molecule has 8 atom stereocenters. The van der Waals surface area contributed by atoms with Gasteiger partial charge in [0.25, 0.3) is 0 Å². The molecule has 0 radical (unpaired) electrons. The van der Waals surface area contributed by atoms with Gasteiger partial charge in [0.1, 0.15) is 6.79 Å². The first-order valence-electron chi connectivity index (χ1n) is 11.0. The van der Waals surface area contributed by atoms with E-state index in [4.69, 9.17) is 14.2 Å². The van der Waals surface area contributed by atoms with E-state index in [1.165, 1.54) is 0 Å². The zero-order chi connectivity index (χ0) is 20.7. The molecule has 5 heteroatoms. The van der Waals surface area contributed by atoms with Crippen LogP contribution in [0.15, 0.2) is 0 Å². The maximum Gasteiger partial charge on any atom is 0.152 e. The highest BCUT2D eigenvalue weighted by Crippen LogP contribution is 2.68. The first-order valence-corrected chi connectivity index (χ1v) is 12.0. The molecule has 2 unspecified atom stereocenters. The lowest BCUT2D eigenvalue weighted by molar-refractivity contribution is -0.211. The number of carbonyl (C=O) groups excluding carboxylic acids is 1. The Morgan fingerprint density at radius 2 is 1.82 bits per heavy atom. The lowest BCUT2D eigenvalue weighted by Gasteiger charge is -2.62. The van der Waals surface area contributed by atoms with Crippen molar-refractivity contribution in [3.05, 3.63) is 0 Å². The topological polar surface area (TPSA) is 44.8 Å². The van der Waals surface area contributed by atoms with Gasteiger partial charge in [-0.15, -0.1) is 11.8 Å². The molecule has 3 fully saturated rings. The SMILES string of the molecule is CCS[C@]1(C)C[C@@H](OCOC)[C@@]2(C)C3[C@H](OC)CCC3(CC[C@H]2C)[C@@H](C)C1=O. The van der Waals surface area contributed by atoms with Crippen molar-refractivity contribution in [1.29, 1.82) is 0 Å². The van der Waals surface area contributed by atoms with Crippen molar-refractivity contribution in [3.8, 4) is 0 Å². The Labute approximate surface area is 175 Å². The van der Waals surface area contributed by atoms with Gasteiger partial charge in [0.2, 0.25) is 0 Å². The summed E-state index contributed by atoms with van der Waals surface area (Å²) in [6.45, 7) is 11.6. The number of Topliss-reactive ketones (excluding diaryl/α,β-unsaturated/α-hetero) is 1. The molecular weight excluding hydrogens is 372 g/mol. The van der Waals surface area contributed by atoms with Crippen molar-refractivity contribution in [2.45, 2.75) is 83.7 Å². The number of ether oxygens (including phenoxy) is 3. The summed E-state index contributed by atoms with van der Waals surface area (Å²) in [6.07, 6.45) is 5.38. The van der Waals surface area contributed by atoms with Crippen molar-refractivity contribution in [1.82, 2.24) is 0 Å². The smallest absolute Gasteiger partial charge is 0.152 e. The van der Waals surface area contributed by atoms with E-state index in [2.05, 4.69) is 34.6 Å². The second-order valence-electron chi connectivity index (χ2n) is 9.85. The van der Waals surface area contributed by atoms with Crippen LogP contribution in [0.3, 0.4) is 0 Å². The van der Waals surface area contributed by atoms with E-state index in [1.807, 2.05) is 7.11 Å². The molecule has 162 valence electrons. The molecule has 4 nitrogen and oxygen atoms in total. The van der Waals surface area contributed by atoms with Gasteiger partial charge in [-0.25, -0.2) is 0 Å². The average Bonchev–Trinajstić information content (AvgIpc) is 3.07. The van der Waals surface area contributed by atoms with E-state index in [0.29, 0.717) is 17.6 Å². The first-order chi connectivity index (χ1) is 13.2. The van der Waals surface area contributed by atoms with Gasteiger partial charge in [-0.1, -0.05) is 27.7 Å². The summed E-state index contributed by atoms with van der Waals surface area (Å²) >= 11 is 1.80. The van der Waals surface area contributed by atoms with Gasteiger partial charge in [-0.05, 0) is 62.0 Å².